The summed E-state index contributed by atoms with van der Waals surface area (Å²) in [6, 6.07) is 7.68. The number of carbonyl (C=O) groups is 2. The number of amides is 1. The van der Waals surface area contributed by atoms with Gasteiger partial charge in [0.15, 0.2) is 6.10 Å². The quantitative estimate of drug-likeness (QED) is 0.774. The third kappa shape index (κ3) is 6.16. The standard InChI is InChI=1S/C17H25NO4/c1-11(2)14-6-5-7-15(9-14)22-13(4)17(21)18-10-12(3)8-16(19)20/h5-7,9,11-13H,8,10H2,1-4H3,(H,18,21)(H,19,20). The van der Waals surface area contributed by atoms with Crippen molar-refractivity contribution in [1.82, 2.24) is 5.32 Å². The number of benzene rings is 1. The minimum absolute atomic E-state index is 0.0337. The monoisotopic (exact) mass is 307 g/mol. The van der Waals surface area contributed by atoms with E-state index < -0.39 is 12.1 Å². The average molecular weight is 307 g/mol. The molecule has 0 aliphatic carbocycles. The molecule has 2 unspecified atom stereocenters. The summed E-state index contributed by atoms with van der Waals surface area (Å²) in [5, 5.41) is 11.4. The van der Waals surface area contributed by atoms with Gasteiger partial charge in [-0.2, -0.15) is 0 Å². The van der Waals surface area contributed by atoms with E-state index in [4.69, 9.17) is 9.84 Å². The fourth-order valence-corrected chi connectivity index (χ4v) is 1.99. The Labute approximate surface area is 131 Å². The summed E-state index contributed by atoms with van der Waals surface area (Å²) < 4.78 is 5.65. The molecule has 0 aromatic heterocycles. The van der Waals surface area contributed by atoms with Crippen LogP contribution in [0, 0.1) is 5.92 Å². The molecule has 0 aliphatic heterocycles. The number of rotatable bonds is 8. The third-order valence-corrected chi connectivity index (χ3v) is 3.35. The van der Waals surface area contributed by atoms with Gasteiger partial charge in [0.05, 0.1) is 0 Å². The predicted molar refractivity (Wildman–Crippen MR) is 85.0 cm³/mol. The summed E-state index contributed by atoms with van der Waals surface area (Å²) in [5.41, 5.74) is 1.15. The molecule has 0 spiro atoms. The Morgan fingerprint density at radius 3 is 2.50 bits per heavy atom. The van der Waals surface area contributed by atoms with Crippen LogP contribution in [-0.4, -0.2) is 29.6 Å². The van der Waals surface area contributed by atoms with E-state index in [1.54, 1.807) is 13.8 Å². The predicted octanol–water partition coefficient (Wildman–Crippen LogP) is 2.80. The Kier molecular flexibility index (Phi) is 6.89. The maximum Gasteiger partial charge on any atom is 0.303 e. The van der Waals surface area contributed by atoms with Crippen LogP contribution in [-0.2, 0) is 9.59 Å². The molecule has 5 heteroatoms. The van der Waals surface area contributed by atoms with Gasteiger partial charge in [0.1, 0.15) is 5.75 Å². The highest BCUT2D eigenvalue weighted by molar-refractivity contribution is 5.80. The Balaban J connectivity index is 2.50. The van der Waals surface area contributed by atoms with Crippen molar-refractivity contribution in [3.05, 3.63) is 29.8 Å². The van der Waals surface area contributed by atoms with E-state index in [1.807, 2.05) is 24.3 Å². The molecule has 0 saturated carbocycles. The van der Waals surface area contributed by atoms with Crippen LogP contribution in [0.2, 0.25) is 0 Å². The summed E-state index contributed by atoms with van der Waals surface area (Å²) in [6.45, 7) is 7.98. The van der Waals surface area contributed by atoms with Crippen molar-refractivity contribution < 1.29 is 19.4 Å². The lowest BCUT2D eigenvalue weighted by Gasteiger charge is -2.17. The van der Waals surface area contributed by atoms with Gasteiger partial charge in [0, 0.05) is 13.0 Å². The van der Waals surface area contributed by atoms with Crippen LogP contribution in [0.5, 0.6) is 5.75 Å². The van der Waals surface area contributed by atoms with E-state index >= 15 is 0 Å². The van der Waals surface area contributed by atoms with Gasteiger partial charge in [-0.1, -0.05) is 32.9 Å². The Bertz CT molecular complexity index is 513. The molecule has 0 radical (unpaired) electrons. The highest BCUT2D eigenvalue weighted by atomic mass is 16.5. The normalized spacial score (nSPS) is 13.5. The molecule has 0 heterocycles. The molecule has 1 aromatic carbocycles. The topological polar surface area (TPSA) is 75.6 Å². The summed E-state index contributed by atoms with van der Waals surface area (Å²) in [4.78, 5) is 22.6. The van der Waals surface area contributed by atoms with E-state index in [-0.39, 0.29) is 18.2 Å². The number of carboxylic acid groups (broad SMARTS) is 1. The lowest BCUT2D eigenvalue weighted by Crippen LogP contribution is -2.38. The van der Waals surface area contributed by atoms with Gasteiger partial charge in [-0.25, -0.2) is 0 Å². The van der Waals surface area contributed by atoms with Crippen LogP contribution < -0.4 is 10.1 Å². The van der Waals surface area contributed by atoms with Crippen LogP contribution in [0.4, 0.5) is 0 Å². The number of ether oxygens (including phenoxy) is 1. The highest BCUT2D eigenvalue weighted by Crippen LogP contribution is 2.21. The molecule has 0 bridgehead atoms. The van der Waals surface area contributed by atoms with Crippen molar-refractivity contribution >= 4 is 11.9 Å². The number of carbonyl (C=O) groups excluding carboxylic acids is 1. The fourth-order valence-electron chi connectivity index (χ4n) is 1.99. The average Bonchev–Trinajstić information content (AvgIpc) is 2.44. The lowest BCUT2D eigenvalue weighted by atomic mass is 10.0. The number of carboxylic acids is 1. The summed E-state index contributed by atoms with van der Waals surface area (Å²) >= 11 is 0. The molecule has 0 fully saturated rings. The molecule has 1 aromatic rings. The van der Waals surface area contributed by atoms with Gasteiger partial charge in [0.2, 0.25) is 0 Å². The second-order valence-corrected chi connectivity index (χ2v) is 5.94. The SMILES string of the molecule is CC(CNC(=O)C(C)Oc1cccc(C(C)C)c1)CC(=O)O. The van der Waals surface area contributed by atoms with E-state index in [9.17, 15) is 9.59 Å². The van der Waals surface area contributed by atoms with Crippen LogP contribution in [0.1, 0.15) is 45.6 Å². The first kappa shape index (κ1) is 18.0. The summed E-state index contributed by atoms with van der Waals surface area (Å²) in [6.07, 6.45) is -0.592. The maximum absolute atomic E-state index is 12.0. The molecule has 1 rings (SSSR count). The van der Waals surface area contributed by atoms with E-state index in [0.29, 0.717) is 18.2 Å². The molecular weight excluding hydrogens is 282 g/mol. The second kappa shape index (κ2) is 8.41. The zero-order valence-corrected chi connectivity index (χ0v) is 13.6. The summed E-state index contributed by atoms with van der Waals surface area (Å²) in [5.74, 6) is -0.168. The van der Waals surface area contributed by atoms with Gasteiger partial charge in [-0.15, -0.1) is 0 Å². The number of hydrogen-bond acceptors (Lipinski definition) is 3. The highest BCUT2D eigenvalue weighted by Gasteiger charge is 2.16. The number of hydrogen-bond donors (Lipinski definition) is 2. The van der Waals surface area contributed by atoms with Crippen LogP contribution in [0.25, 0.3) is 0 Å². The Hall–Kier alpha value is -2.04. The molecule has 2 atom stereocenters. The minimum Gasteiger partial charge on any atom is -0.481 e. The van der Waals surface area contributed by atoms with Crippen molar-refractivity contribution in [2.45, 2.75) is 46.1 Å². The molecule has 1 amide bonds. The van der Waals surface area contributed by atoms with Crippen molar-refractivity contribution in [3.63, 3.8) is 0 Å². The zero-order chi connectivity index (χ0) is 16.7. The van der Waals surface area contributed by atoms with Gasteiger partial charge in [0.25, 0.3) is 5.91 Å². The lowest BCUT2D eigenvalue weighted by molar-refractivity contribution is -0.138. The van der Waals surface area contributed by atoms with Gasteiger partial charge in [-0.05, 0) is 36.5 Å². The third-order valence-electron chi connectivity index (χ3n) is 3.35. The van der Waals surface area contributed by atoms with Crippen LogP contribution in [0.15, 0.2) is 24.3 Å². The molecule has 0 saturated heterocycles. The number of nitrogens with one attached hydrogen (secondary N) is 1. The molecule has 22 heavy (non-hydrogen) atoms. The van der Waals surface area contributed by atoms with Crippen molar-refractivity contribution in [2.75, 3.05) is 6.54 Å². The maximum atomic E-state index is 12.0. The minimum atomic E-state index is -0.864. The zero-order valence-electron chi connectivity index (χ0n) is 13.6. The van der Waals surface area contributed by atoms with Crippen molar-refractivity contribution in [3.8, 4) is 5.75 Å². The van der Waals surface area contributed by atoms with Crippen LogP contribution in [0.3, 0.4) is 0 Å². The fraction of sp³-hybridized carbons (Fsp3) is 0.529. The van der Waals surface area contributed by atoms with E-state index in [2.05, 4.69) is 19.2 Å². The number of aliphatic carboxylic acids is 1. The molecule has 0 aliphatic rings. The molecule has 2 N–H and O–H groups in total. The Morgan fingerprint density at radius 1 is 1.23 bits per heavy atom. The van der Waals surface area contributed by atoms with E-state index in [0.717, 1.165) is 5.56 Å². The summed E-state index contributed by atoms with van der Waals surface area (Å²) in [7, 11) is 0. The Morgan fingerprint density at radius 2 is 1.91 bits per heavy atom. The molecule has 122 valence electrons. The van der Waals surface area contributed by atoms with Gasteiger partial charge >= 0.3 is 5.97 Å². The van der Waals surface area contributed by atoms with Crippen LogP contribution >= 0.6 is 0 Å². The first-order valence-corrected chi connectivity index (χ1v) is 7.55. The molecular formula is C17H25NO4. The van der Waals surface area contributed by atoms with Gasteiger partial charge in [-0.3, -0.25) is 9.59 Å². The second-order valence-electron chi connectivity index (χ2n) is 5.94. The largest absolute Gasteiger partial charge is 0.481 e. The smallest absolute Gasteiger partial charge is 0.303 e. The van der Waals surface area contributed by atoms with Crippen molar-refractivity contribution in [2.24, 2.45) is 5.92 Å². The molecule has 5 nitrogen and oxygen atoms in total. The van der Waals surface area contributed by atoms with Gasteiger partial charge < -0.3 is 15.2 Å². The van der Waals surface area contributed by atoms with E-state index in [1.165, 1.54) is 0 Å². The van der Waals surface area contributed by atoms with Crippen molar-refractivity contribution in [1.29, 1.82) is 0 Å². The first-order valence-electron chi connectivity index (χ1n) is 7.55. The first-order chi connectivity index (χ1) is 10.3.